The van der Waals surface area contributed by atoms with Crippen molar-refractivity contribution in [3.05, 3.63) is 89.3 Å². The molecule has 5 aromatic rings. The first-order valence-corrected chi connectivity index (χ1v) is 9.25. The van der Waals surface area contributed by atoms with Crippen molar-refractivity contribution in [2.24, 2.45) is 0 Å². The number of ether oxygens (including phenoxy) is 1. The molecule has 0 saturated carbocycles. The molecule has 0 aliphatic heterocycles. The van der Waals surface area contributed by atoms with Gasteiger partial charge >= 0.3 is 0 Å². The third kappa shape index (κ3) is 3.02. The van der Waals surface area contributed by atoms with Gasteiger partial charge in [0.15, 0.2) is 0 Å². The van der Waals surface area contributed by atoms with E-state index in [1.807, 2.05) is 60.7 Å². The zero-order chi connectivity index (χ0) is 19.8. The van der Waals surface area contributed by atoms with Gasteiger partial charge in [0.05, 0.1) is 23.7 Å². The number of nitrogens with zero attached hydrogens (tertiary/aromatic N) is 2. The van der Waals surface area contributed by atoms with E-state index in [4.69, 9.17) is 9.72 Å². The van der Waals surface area contributed by atoms with E-state index >= 15 is 0 Å². The number of pyridine rings is 3. The van der Waals surface area contributed by atoms with Crippen LogP contribution in [0.1, 0.15) is 0 Å². The molecule has 0 radical (unpaired) electrons. The number of hydrogen-bond donors (Lipinski definition) is 1. The molecule has 29 heavy (non-hydrogen) atoms. The number of rotatable bonds is 3. The maximum atomic E-state index is 12.0. The van der Waals surface area contributed by atoms with Gasteiger partial charge in [0, 0.05) is 28.8 Å². The predicted molar refractivity (Wildman–Crippen MR) is 115 cm³/mol. The molecule has 0 bridgehead atoms. The third-order valence-corrected chi connectivity index (χ3v) is 4.97. The number of benzene rings is 2. The molecular formula is C24H17N3O2. The largest absolute Gasteiger partial charge is 0.496 e. The summed E-state index contributed by atoms with van der Waals surface area (Å²) in [7, 11) is 1.56. The minimum atomic E-state index is -0.245. The molecule has 0 unspecified atom stereocenters. The minimum Gasteiger partial charge on any atom is -0.496 e. The molecule has 0 amide bonds. The zero-order valence-corrected chi connectivity index (χ0v) is 15.7. The number of H-pyrrole nitrogens is 1. The number of nitrogens with one attached hydrogen (secondary N) is 1. The fraction of sp³-hybridized carbons (Fsp3) is 0.0417. The molecule has 1 N–H and O–H groups in total. The lowest BCUT2D eigenvalue weighted by Gasteiger charge is -2.13. The normalized spacial score (nSPS) is 11.1. The Balaban J connectivity index is 1.86. The van der Waals surface area contributed by atoms with Crippen LogP contribution in [0.5, 0.6) is 5.75 Å². The van der Waals surface area contributed by atoms with E-state index in [1.54, 1.807) is 13.3 Å². The average molecular weight is 379 g/mol. The van der Waals surface area contributed by atoms with Gasteiger partial charge in [-0.25, -0.2) is 4.98 Å². The summed E-state index contributed by atoms with van der Waals surface area (Å²) in [5, 5.41) is 1.81. The lowest BCUT2D eigenvalue weighted by molar-refractivity contribution is 0.419. The van der Waals surface area contributed by atoms with Gasteiger partial charge in [-0.15, -0.1) is 0 Å². The SMILES string of the molecule is COc1cc(=O)[nH]c2nc(-c3ccccc3)c(-c3ccc4ncccc4c3)cc12. The Bertz CT molecular complexity index is 1410. The van der Waals surface area contributed by atoms with Gasteiger partial charge in [0.1, 0.15) is 11.4 Å². The third-order valence-electron chi connectivity index (χ3n) is 4.97. The molecule has 0 fully saturated rings. The van der Waals surface area contributed by atoms with Gasteiger partial charge < -0.3 is 9.72 Å². The molecule has 140 valence electrons. The maximum absolute atomic E-state index is 12.0. The monoisotopic (exact) mass is 379 g/mol. The van der Waals surface area contributed by atoms with E-state index in [0.29, 0.717) is 11.4 Å². The first-order chi connectivity index (χ1) is 14.2. The molecule has 0 saturated heterocycles. The second-order valence-corrected chi connectivity index (χ2v) is 6.76. The van der Waals surface area contributed by atoms with Crippen LogP contribution in [0.2, 0.25) is 0 Å². The first-order valence-electron chi connectivity index (χ1n) is 9.25. The van der Waals surface area contributed by atoms with Crippen LogP contribution < -0.4 is 10.3 Å². The Morgan fingerprint density at radius 1 is 0.897 bits per heavy atom. The zero-order valence-electron chi connectivity index (χ0n) is 15.7. The van der Waals surface area contributed by atoms with Gasteiger partial charge in [-0.1, -0.05) is 42.5 Å². The van der Waals surface area contributed by atoms with Gasteiger partial charge in [0.25, 0.3) is 5.56 Å². The van der Waals surface area contributed by atoms with Crippen LogP contribution in [0.25, 0.3) is 44.3 Å². The van der Waals surface area contributed by atoms with Crippen molar-refractivity contribution in [1.82, 2.24) is 15.0 Å². The lowest BCUT2D eigenvalue weighted by Crippen LogP contribution is -2.07. The quantitative estimate of drug-likeness (QED) is 0.488. The molecule has 3 heterocycles. The minimum absolute atomic E-state index is 0.245. The Morgan fingerprint density at radius 3 is 2.59 bits per heavy atom. The summed E-state index contributed by atoms with van der Waals surface area (Å²) in [6.07, 6.45) is 1.79. The van der Waals surface area contributed by atoms with Crippen LogP contribution >= 0.6 is 0 Å². The highest BCUT2D eigenvalue weighted by molar-refractivity contribution is 5.95. The van der Waals surface area contributed by atoms with Crippen LogP contribution in [-0.2, 0) is 0 Å². The average Bonchev–Trinajstić information content (AvgIpc) is 2.78. The summed E-state index contributed by atoms with van der Waals surface area (Å²) in [6.45, 7) is 0. The Kier molecular flexibility index (Phi) is 4.06. The highest BCUT2D eigenvalue weighted by atomic mass is 16.5. The van der Waals surface area contributed by atoms with Crippen LogP contribution in [0.3, 0.4) is 0 Å². The van der Waals surface area contributed by atoms with E-state index in [2.05, 4.69) is 16.0 Å². The summed E-state index contributed by atoms with van der Waals surface area (Å²) < 4.78 is 5.44. The molecule has 0 aliphatic carbocycles. The molecule has 0 aliphatic rings. The molecular weight excluding hydrogens is 362 g/mol. The summed E-state index contributed by atoms with van der Waals surface area (Å²) in [6, 6.07) is 23.5. The van der Waals surface area contributed by atoms with Gasteiger partial charge in [-0.05, 0) is 29.8 Å². The molecule has 2 aromatic carbocycles. The summed E-state index contributed by atoms with van der Waals surface area (Å²) >= 11 is 0. The number of aromatic amines is 1. The van der Waals surface area contributed by atoms with Gasteiger partial charge in [0.2, 0.25) is 0 Å². The van der Waals surface area contributed by atoms with Crippen molar-refractivity contribution < 1.29 is 4.74 Å². The summed E-state index contributed by atoms with van der Waals surface area (Å²) in [5.74, 6) is 0.500. The van der Waals surface area contributed by atoms with Crippen molar-refractivity contribution in [3.8, 4) is 28.1 Å². The topological polar surface area (TPSA) is 67.9 Å². The molecule has 5 heteroatoms. The standard InChI is InChI=1S/C24H17N3O2/c1-29-21-14-22(28)26-24-19(21)13-18(23(27-24)15-6-3-2-4-7-15)16-9-10-20-17(12-16)8-5-11-25-20/h2-14H,1H3,(H,26,27,28). The second-order valence-electron chi connectivity index (χ2n) is 6.76. The van der Waals surface area contributed by atoms with Crippen molar-refractivity contribution in [2.75, 3.05) is 7.11 Å². The first kappa shape index (κ1) is 17.1. The Hall–Kier alpha value is -3.99. The van der Waals surface area contributed by atoms with E-state index in [-0.39, 0.29) is 5.56 Å². The lowest BCUT2D eigenvalue weighted by atomic mass is 9.97. The van der Waals surface area contributed by atoms with Crippen LogP contribution in [-0.4, -0.2) is 22.1 Å². The number of hydrogen-bond acceptors (Lipinski definition) is 4. The molecule has 5 nitrogen and oxygen atoms in total. The molecule has 0 spiro atoms. The smallest absolute Gasteiger partial charge is 0.253 e. The fourth-order valence-electron chi connectivity index (χ4n) is 3.59. The second kappa shape index (κ2) is 6.87. The van der Waals surface area contributed by atoms with Crippen molar-refractivity contribution in [3.63, 3.8) is 0 Å². The highest BCUT2D eigenvalue weighted by Crippen LogP contribution is 2.36. The Labute approximate surface area is 166 Å². The van der Waals surface area contributed by atoms with E-state index < -0.39 is 0 Å². The van der Waals surface area contributed by atoms with Crippen molar-refractivity contribution in [1.29, 1.82) is 0 Å². The van der Waals surface area contributed by atoms with E-state index in [9.17, 15) is 4.79 Å². The van der Waals surface area contributed by atoms with Crippen LogP contribution in [0.4, 0.5) is 0 Å². The molecule has 3 aromatic heterocycles. The maximum Gasteiger partial charge on any atom is 0.253 e. The van der Waals surface area contributed by atoms with E-state index in [0.717, 1.165) is 38.7 Å². The number of fused-ring (bicyclic) bond motifs is 2. The van der Waals surface area contributed by atoms with E-state index in [1.165, 1.54) is 6.07 Å². The summed E-state index contributed by atoms with van der Waals surface area (Å²) in [4.78, 5) is 24.1. The van der Waals surface area contributed by atoms with Gasteiger partial charge in [-0.3, -0.25) is 9.78 Å². The summed E-state index contributed by atoms with van der Waals surface area (Å²) in [5.41, 5.74) is 4.94. The van der Waals surface area contributed by atoms with Crippen LogP contribution in [0.15, 0.2) is 83.8 Å². The molecule has 5 rings (SSSR count). The van der Waals surface area contributed by atoms with Gasteiger partial charge in [-0.2, -0.15) is 0 Å². The Morgan fingerprint density at radius 2 is 1.76 bits per heavy atom. The van der Waals surface area contributed by atoms with Crippen LogP contribution in [0, 0.1) is 0 Å². The predicted octanol–water partition coefficient (Wildman–Crippen LogP) is 4.81. The fourth-order valence-corrected chi connectivity index (χ4v) is 3.59. The molecule has 0 atom stereocenters. The van der Waals surface area contributed by atoms with Crippen molar-refractivity contribution >= 4 is 21.9 Å². The number of aromatic nitrogens is 3. The number of methoxy groups -OCH3 is 1. The van der Waals surface area contributed by atoms with Crippen molar-refractivity contribution in [2.45, 2.75) is 0 Å². The highest BCUT2D eigenvalue weighted by Gasteiger charge is 2.15.